The van der Waals surface area contributed by atoms with Gasteiger partial charge in [0.15, 0.2) is 12.0 Å². The van der Waals surface area contributed by atoms with Gasteiger partial charge in [0.2, 0.25) is 0 Å². The Hall–Kier alpha value is -4.25. The minimum Gasteiger partial charge on any atom is -0.468 e. The lowest BCUT2D eigenvalue weighted by Gasteiger charge is -2.36. The first kappa shape index (κ1) is 30.0. The quantitative estimate of drug-likeness (QED) is 0.0721. The molecule has 3 N–H and O–H groups in total. The number of nitrogens with two attached hydrogens (primary N) is 1. The van der Waals surface area contributed by atoms with Crippen molar-refractivity contribution in [1.29, 1.82) is 0 Å². The van der Waals surface area contributed by atoms with E-state index in [1.165, 1.54) is 33.0 Å². The zero-order valence-corrected chi connectivity index (χ0v) is 21.9. The molecule has 3 unspecified atom stereocenters. The highest BCUT2D eigenvalue weighted by atomic mass is 16.6. The van der Waals surface area contributed by atoms with Crippen molar-refractivity contribution in [3.8, 4) is 0 Å². The van der Waals surface area contributed by atoms with Crippen molar-refractivity contribution in [2.75, 3.05) is 55.7 Å². The number of likely N-dealkylation sites (N-methyl/N-ethyl adjacent to an activating group) is 1. The molecule has 0 bridgehead atoms. The molecule has 2 aliphatic heterocycles. The van der Waals surface area contributed by atoms with Crippen molar-refractivity contribution in [2.45, 2.75) is 18.8 Å². The second kappa shape index (κ2) is 11.9. The SMILES string of the molecule is COCCOC(=O)C(OC12C(=O)N(C)C(=O)N1C(N(C)C)=C(C(=O)OC)C2C(=O)OC)/C(C)=N/NC(N)=O. The molecule has 0 saturated carbocycles. The highest BCUT2D eigenvalue weighted by Gasteiger charge is 2.73. The number of amides is 5. The number of fused-ring (bicyclic) bond motifs is 1. The maximum Gasteiger partial charge on any atom is 0.341 e. The number of hydrogen-bond donors (Lipinski definition) is 2. The Kier molecular flexibility index (Phi) is 9.36. The molecule has 2 heterocycles. The van der Waals surface area contributed by atoms with Crippen LogP contribution in [0.1, 0.15) is 6.92 Å². The van der Waals surface area contributed by atoms with E-state index in [9.17, 15) is 28.8 Å². The van der Waals surface area contributed by atoms with Crippen LogP contribution in [0.5, 0.6) is 0 Å². The molecular formula is C21H30N6O11. The fourth-order valence-corrected chi connectivity index (χ4v) is 3.97. The summed E-state index contributed by atoms with van der Waals surface area (Å²) in [5.74, 6) is -6.58. The number of nitrogens with zero attached hydrogens (tertiary/aromatic N) is 4. The molecule has 1 fully saturated rings. The number of primary amides is 1. The van der Waals surface area contributed by atoms with Gasteiger partial charge >= 0.3 is 30.0 Å². The van der Waals surface area contributed by atoms with Gasteiger partial charge in [-0.3, -0.25) is 14.5 Å². The molecule has 17 heteroatoms. The number of carbonyl (C=O) groups is 6. The predicted octanol–water partition coefficient (Wildman–Crippen LogP) is -2.06. The Balaban J connectivity index is 2.83. The van der Waals surface area contributed by atoms with Crippen molar-refractivity contribution in [3.63, 3.8) is 0 Å². The molecule has 3 atom stereocenters. The van der Waals surface area contributed by atoms with Crippen molar-refractivity contribution in [1.82, 2.24) is 20.1 Å². The topological polar surface area (TPSA) is 209 Å². The normalized spacial score (nSPS) is 21.8. The summed E-state index contributed by atoms with van der Waals surface area (Å²) in [4.78, 5) is 80.1. The van der Waals surface area contributed by atoms with Gasteiger partial charge in [0.25, 0.3) is 11.6 Å². The minimum atomic E-state index is -2.66. The highest BCUT2D eigenvalue weighted by molar-refractivity contribution is 6.14. The number of carbonyl (C=O) groups excluding carboxylic acids is 6. The summed E-state index contributed by atoms with van der Waals surface area (Å²) in [6.45, 7) is 0.979. The van der Waals surface area contributed by atoms with E-state index < -0.39 is 59.2 Å². The van der Waals surface area contributed by atoms with Crippen LogP contribution in [0.15, 0.2) is 16.5 Å². The summed E-state index contributed by atoms with van der Waals surface area (Å²) in [7, 11) is 7.40. The van der Waals surface area contributed by atoms with E-state index in [0.29, 0.717) is 4.90 Å². The largest absolute Gasteiger partial charge is 0.468 e. The summed E-state index contributed by atoms with van der Waals surface area (Å²) >= 11 is 0. The maximum atomic E-state index is 13.7. The fourth-order valence-electron chi connectivity index (χ4n) is 3.97. The third-order valence-corrected chi connectivity index (χ3v) is 5.59. The van der Waals surface area contributed by atoms with E-state index in [1.54, 1.807) is 0 Å². The van der Waals surface area contributed by atoms with Crippen LogP contribution in [0.3, 0.4) is 0 Å². The monoisotopic (exact) mass is 542 g/mol. The van der Waals surface area contributed by atoms with E-state index in [2.05, 4.69) is 5.10 Å². The zero-order chi connectivity index (χ0) is 28.9. The van der Waals surface area contributed by atoms with Crippen LogP contribution in [-0.2, 0) is 42.9 Å². The number of nitrogens with one attached hydrogen (secondary N) is 1. The average Bonchev–Trinajstić information content (AvgIpc) is 3.28. The molecule has 2 aliphatic rings. The third kappa shape index (κ3) is 5.10. The predicted molar refractivity (Wildman–Crippen MR) is 125 cm³/mol. The van der Waals surface area contributed by atoms with Gasteiger partial charge in [-0.25, -0.2) is 29.5 Å². The van der Waals surface area contributed by atoms with Crippen LogP contribution in [-0.4, -0.2) is 124 Å². The third-order valence-electron chi connectivity index (χ3n) is 5.59. The highest BCUT2D eigenvalue weighted by Crippen LogP contribution is 2.50. The fraction of sp³-hybridized carbons (Fsp3) is 0.571. The van der Waals surface area contributed by atoms with Crippen LogP contribution >= 0.6 is 0 Å². The number of hydrogen-bond acceptors (Lipinski definition) is 13. The van der Waals surface area contributed by atoms with Gasteiger partial charge in [0.05, 0.1) is 32.1 Å². The van der Waals surface area contributed by atoms with Gasteiger partial charge in [-0.05, 0) is 6.92 Å². The van der Waals surface area contributed by atoms with Gasteiger partial charge in [-0.2, -0.15) is 5.10 Å². The lowest BCUT2D eigenvalue weighted by atomic mass is 9.89. The lowest BCUT2D eigenvalue weighted by molar-refractivity contribution is -0.195. The number of methoxy groups -OCH3 is 3. The molecule has 0 aromatic carbocycles. The summed E-state index contributed by atoms with van der Waals surface area (Å²) in [6, 6.07) is -2.07. The number of imide groups is 1. The van der Waals surface area contributed by atoms with Crippen LogP contribution in [0.25, 0.3) is 0 Å². The van der Waals surface area contributed by atoms with Gasteiger partial charge in [-0.1, -0.05) is 0 Å². The molecule has 5 amide bonds. The molecule has 0 radical (unpaired) electrons. The number of esters is 3. The van der Waals surface area contributed by atoms with Crippen LogP contribution in [0.4, 0.5) is 9.59 Å². The second-order valence-corrected chi connectivity index (χ2v) is 8.15. The average molecular weight is 543 g/mol. The number of hydrazone groups is 1. The van der Waals surface area contributed by atoms with E-state index in [0.717, 1.165) is 26.2 Å². The molecule has 38 heavy (non-hydrogen) atoms. The van der Waals surface area contributed by atoms with Gasteiger partial charge in [0.1, 0.15) is 12.4 Å². The molecule has 17 nitrogen and oxygen atoms in total. The van der Waals surface area contributed by atoms with Crippen LogP contribution in [0, 0.1) is 5.92 Å². The molecular weight excluding hydrogens is 512 g/mol. The Labute approximate surface area is 217 Å². The summed E-state index contributed by atoms with van der Waals surface area (Å²) < 4.78 is 25.7. The van der Waals surface area contributed by atoms with Gasteiger partial charge < -0.3 is 34.3 Å². The number of rotatable bonds is 11. The lowest BCUT2D eigenvalue weighted by Crippen LogP contribution is -2.60. The minimum absolute atomic E-state index is 0.00475. The Morgan fingerprint density at radius 1 is 1.13 bits per heavy atom. The summed E-state index contributed by atoms with van der Waals surface area (Å²) in [5.41, 5.74) is 3.60. The smallest absolute Gasteiger partial charge is 0.341 e. The van der Waals surface area contributed by atoms with Crippen molar-refractivity contribution < 1.29 is 52.5 Å². The van der Waals surface area contributed by atoms with Crippen molar-refractivity contribution >= 4 is 41.6 Å². The van der Waals surface area contributed by atoms with E-state index in [-0.39, 0.29) is 24.7 Å². The van der Waals surface area contributed by atoms with E-state index >= 15 is 0 Å². The van der Waals surface area contributed by atoms with Gasteiger partial charge in [0, 0.05) is 28.3 Å². The first-order valence-electron chi connectivity index (χ1n) is 10.9. The first-order valence-corrected chi connectivity index (χ1v) is 10.9. The van der Waals surface area contributed by atoms with E-state index in [4.69, 9.17) is 29.4 Å². The number of urea groups is 2. The summed E-state index contributed by atoms with van der Waals surface area (Å²) in [6.07, 6.45) is -1.91. The van der Waals surface area contributed by atoms with Crippen LogP contribution in [0.2, 0.25) is 0 Å². The molecule has 0 aromatic heterocycles. The Morgan fingerprint density at radius 3 is 2.26 bits per heavy atom. The molecule has 0 aliphatic carbocycles. The Bertz CT molecular complexity index is 1090. The zero-order valence-electron chi connectivity index (χ0n) is 21.9. The number of ether oxygens (including phenoxy) is 5. The molecule has 1 saturated heterocycles. The first-order chi connectivity index (χ1) is 17.8. The summed E-state index contributed by atoms with van der Waals surface area (Å²) in [5, 5.41) is 3.68. The molecule has 210 valence electrons. The standard InChI is InChI=1S/C21H30N6O11/c1-10(23-24-19(22)32)13(17(30)37-9-8-34-5)38-21-12(16(29)36-7)11(15(28)35-6)14(25(2)3)27(21)20(33)26(4)18(21)31/h12-13H,8-9H2,1-7H3,(H3,22,24,32)/b23-10+. The van der Waals surface area contributed by atoms with Crippen LogP contribution < -0.4 is 11.2 Å². The molecule has 0 aromatic rings. The van der Waals surface area contributed by atoms with Crippen molar-refractivity contribution in [2.24, 2.45) is 16.8 Å². The Morgan fingerprint density at radius 2 is 1.76 bits per heavy atom. The maximum absolute atomic E-state index is 13.7. The molecule has 0 spiro atoms. The van der Waals surface area contributed by atoms with E-state index in [1.807, 2.05) is 5.43 Å². The van der Waals surface area contributed by atoms with Gasteiger partial charge in [-0.15, -0.1) is 0 Å². The van der Waals surface area contributed by atoms with Crippen molar-refractivity contribution in [3.05, 3.63) is 11.4 Å². The molecule has 2 rings (SSSR count). The second-order valence-electron chi connectivity index (χ2n) is 8.15.